The molecule has 1 unspecified atom stereocenters. The number of carboxylic acid groups (broad SMARTS) is 1. The summed E-state index contributed by atoms with van der Waals surface area (Å²) in [4.78, 5) is 15.6. The molecule has 3 rings (SSSR count). The fraction of sp³-hybridized carbons (Fsp3) is 0.385. The van der Waals surface area contributed by atoms with Crippen LogP contribution in [0.25, 0.3) is 5.52 Å². The molecule has 1 saturated heterocycles. The van der Waals surface area contributed by atoms with Gasteiger partial charge in [-0.15, -0.1) is 0 Å². The van der Waals surface area contributed by atoms with Crippen molar-refractivity contribution in [3.8, 4) is 0 Å². The van der Waals surface area contributed by atoms with Crippen molar-refractivity contribution in [3.05, 3.63) is 35.9 Å². The van der Waals surface area contributed by atoms with Gasteiger partial charge in [-0.3, -0.25) is 4.40 Å². The van der Waals surface area contributed by atoms with E-state index in [1.54, 1.807) is 22.7 Å². The van der Waals surface area contributed by atoms with Crippen LogP contribution in [-0.2, 0) is 4.74 Å². The Bertz CT molecular complexity index is 585. The zero-order valence-electron chi connectivity index (χ0n) is 9.87. The third-order valence-electron chi connectivity index (χ3n) is 3.32. The number of pyridine rings is 1. The second-order valence-electron chi connectivity index (χ2n) is 4.51. The summed E-state index contributed by atoms with van der Waals surface area (Å²) in [6.07, 6.45) is 3.71. The largest absolute Gasteiger partial charge is 0.477 e. The van der Waals surface area contributed by atoms with Crippen molar-refractivity contribution in [1.29, 1.82) is 0 Å². The molecule has 18 heavy (non-hydrogen) atoms. The van der Waals surface area contributed by atoms with Crippen LogP contribution in [0.4, 0.5) is 0 Å². The topological polar surface area (TPSA) is 63.8 Å². The SMILES string of the molecule is O=C(O)c1cccc2cnc(C3CCCOC3)n12. The van der Waals surface area contributed by atoms with Gasteiger partial charge in [-0.25, -0.2) is 9.78 Å². The number of hydrogen-bond acceptors (Lipinski definition) is 3. The quantitative estimate of drug-likeness (QED) is 0.879. The first kappa shape index (κ1) is 11.2. The Labute approximate surface area is 104 Å². The molecule has 94 valence electrons. The zero-order valence-corrected chi connectivity index (χ0v) is 9.87. The van der Waals surface area contributed by atoms with E-state index >= 15 is 0 Å². The molecule has 3 heterocycles. The van der Waals surface area contributed by atoms with Crippen LogP contribution < -0.4 is 0 Å². The minimum Gasteiger partial charge on any atom is -0.477 e. The lowest BCUT2D eigenvalue weighted by atomic mass is 10.0. The average molecular weight is 246 g/mol. The van der Waals surface area contributed by atoms with Crippen molar-refractivity contribution in [2.24, 2.45) is 0 Å². The number of aromatic nitrogens is 2. The van der Waals surface area contributed by atoms with Gasteiger partial charge in [0.2, 0.25) is 0 Å². The van der Waals surface area contributed by atoms with Gasteiger partial charge in [0.15, 0.2) is 0 Å². The number of ether oxygens (including phenoxy) is 1. The molecule has 0 aliphatic carbocycles. The Morgan fingerprint density at radius 3 is 3.11 bits per heavy atom. The lowest BCUT2D eigenvalue weighted by molar-refractivity contribution is 0.0681. The first-order valence-electron chi connectivity index (χ1n) is 6.05. The number of rotatable bonds is 2. The van der Waals surface area contributed by atoms with Crippen LogP contribution >= 0.6 is 0 Å². The van der Waals surface area contributed by atoms with Gasteiger partial charge in [0.1, 0.15) is 11.5 Å². The fourth-order valence-electron chi connectivity index (χ4n) is 2.47. The van der Waals surface area contributed by atoms with Crippen LogP contribution in [0.15, 0.2) is 24.4 Å². The molecular weight excluding hydrogens is 232 g/mol. The maximum Gasteiger partial charge on any atom is 0.352 e. The van der Waals surface area contributed by atoms with Crippen molar-refractivity contribution in [1.82, 2.24) is 9.38 Å². The van der Waals surface area contributed by atoms with E-state index in [4.69, 9.17) is 4.74 Å². The summed E-state index contributed by atoms with van der Waals surface area (Å²) in [6.45, 7) is 1.40. The molecule has 5 nitrogen and oxygen atoms in total. The van der Waals surface area contributed by atoms with Crippen molar-refractivity contribution < 1.29 is 14.6 Å². The Balaban J connectivity index is 2.14. The van der Waals surface area contributed by atoms with Gasteiger partial charge >= 0.3 is 5.97 Å². The van der Waals surface area contributed by atoms with Crippen molar-refractivity contribution in [3.63, 3.8) is 0 Å². The van der Waals surface area contributed by atoms with Gasteiger partial charge in [0, 0.05) is 12.5 Å². The number of hydrogen-bond donors (Lipinski definition) is 1. The van der Waals surface area contributed by atoms with Crippen LogP contribution in [-0.4, -0.2) is 33.7 Å². The standard InChI is InChI=1S/C13H14N2O3/c16-13(17)11-5-1-4-10-7-14-12(15(10)11)9-3-2-6-18-8-9/h1,4-5,7,9H,2-3,6,8H2,(H,16,17). The molecule has 0 amide bonds. The zero-order chi connectivity index (χ0) is 12.5. The lowest BCUT2D eigenvalue weighted by Gasteiger charge is -2.21. The first-order valence-corrected chi connectivity index (χ1v) is 6.05. The predicted molar refractivity (Wildman–Crippen MR) is 64.9 cm³/mol. The van der Waals surface area contributed by atoms with Crippen LogP contribution in [0.2, 0.25) is 0 Å². The van der Waals surface area contributed by atoms with Gasteiger partial charge in [-0.1, -0.05) is 6.07 Å². The van der Waals surface area contributed by atoms with E-state index in [0.29, 0.717) is 6.61 Å². The monoisotopic (exact) mass is 246 g/mol. The van der Waals surface area contributed by atoms with Crippen molar-refractivity contribution in [2.75, 3.05) is 13.2 Å². The lowest BCUT2D eigenvalue weighted by Crippen LogP contribution is -2.19. The summed E-state index contributed by atoms with van der Waals surface area (Å²) in [6, 6.07) is 5.21. The van der Waals surface area contributed by atoms with E-state index in [0.717, 1.165) is 30.8 Å². The highest BCUT2D eigenvalue weighted by atomic mass is 16.5. The molecule has 2 aromatic heterocycles. The molecule has 2 aromatic rings. The maximum atomic E-state index is 11.3. The summed E-state index contributed by atoms with van der Waals surface area (Å²) >= 11 is 0. The molecule has 0 aromatic carbocycles. The van der Waals surface area contributed by atoms with E-state index in [9.17, 15) is 9.90 Å². The number of imidazole rings is 1. The second kappa shape index (κ2) is 4.42. The third-order valence-corrected chi connectivity index (χ3v) is 3.32. The van der Waals surface area contributed by atoms with E-state index in [1.807, 2.05) is 6.07 Å². The predicted octanol–water partition coefficient (Wildman–Crippen LogP) is 1.93. The normalized spacial score (nSPS) is 20.1. The molecule has 0 bridgehead atoms. The van der Waals surface area contributed by atoms with Crippen molar-refractivity contribution in [2.45, 2.75) is 18.8 Å². The smallest absolute Gasteiger partial charge is 0.352 e. The Kier molecular flexibility index (Phi) is 2.76. The van der Waals surface area contributed by atoms with Gasteiger partial charge in [0.25, 0.3) is 0 Å². The Hall–Kier alpha value is -1.88. The molecule has 0 radical (unpaired) electrons. The third kappa shape index (κ3) is 1.76. The number of fused-ring (bicyclic) bond motifs is 1. The van der Waals surface area contributed by atoms with Crippen LogP contribution in [0, 0.1) is 0 Å². The van der Waals surface area contributed by atoms with Gasteiger partial charge < -0.3 is 9.84 Å². The summed E-state index contributed by atoms with van der Waals surface area (Å²) in [5.41, 5.74) is 1.07. The van der Waals surface area contributed by atoms with E-state index < -0.39 is 5.97 Å². The number of nitrogens with zero attached hydrogens (tertiary/aromatic N) is 2. The van der Waals surface area contributed by atoms with Crippen molar-refractivity contribution >= 4 is 11.5 Å². The average Bonchev–Trinajstić information content (AvgIpc) is 2.83. The summed E-state index contributed by atoms with van der Waals surface area (Å²) in [5.74, 6) is 0.0426. The van der Waals surface area contributed by atoms with Gasteiger partial charge in [-0.2, -0.15) is 0 Å². The van der Waals surface area contributed by atoms with Gasteiger partial charge in [-0.05, 0) is 25.0 Å². The van der Waals surface area contributed by atoms with E-state index in [2.05, 4.69) is 4.98 Å². The molecule has 1 N–H and O–H groups in total. The van der Waals surface area contributed by atoms with Crippen LogP contribution in [0.5, 0.6) is 0 Å². The minimum atomic E-state index is -0.934. The maximum absolute atomic E-state index is 11.3. The Morgan fingerprint density at radius 2 is 2.39 bits per heavy atom. The summed E-state index contributed by atoms with van der Waals surface area (Å²) in [7, 11) is 0. The highest BCUT2D eigenvalue weighted by molar-refractivity contribution is 5.86. The number of aromatic carboxylic acids is 1. The summed E-state index contributed by atoms with van der Waals surface area (Å²) in [5, 5.41) is 9.24. The molecule has 1 atom stereocenters. The summed E-state index contributed by atoms with van der Waals surface area (Å²) < 4.78 is 7.18. The highest BCUT2D eigenvalue weighted by Gasteiger charge is 2.22. The van der Waals surface area contributed by atoms with Gasteiger partial charge in [0.05, 0.1) is 18.3 Å². The molecule has 1 aliphatic heterocycles. The molecular formula is C13H14N2O3. The molecule has 0 saturated carbocycles. The number of carboxylic acids is 1. The minimum absolute atomic E-state index is 0.182. The molecule has 0 spiro atoms. The number of carbonyl (C=O) groups is 1. The fourth-order valence-corrected chi connectivity index (χ4v) is 2.47. The Morgan fingerprint density at radius 1 is 1.50 bits per heavy atom. The first-order chi connectivity index (χ1) is 8.77. The second-order valence-corrected chi connectivity index (χ2v) is 4.51. The highest BCUT2D eigenvalue weighted by Crippen LogP contribution is 2.26. The van der Waals surface area contributed by atoms with E-state index in [1.165, 1.54) is 0 Å². The molecule has 5 heteroatoms. The van der Waals surface area contributed by atoms with E-state index in [-0.39, 0.29) is 11.6 Å². The molecule has 1 aliphatic rings. The van der Waals surface area contributed by atoms with Crippen LogP contribution in [0.1, 0.15) is 35.1 Å². The molecule has 1 fully saturated rings. The van der Waals surface area contributed by atoms with Crippen LogP contribution in [0.3, 0.4) is 0 Å².